The van der Waals surface area contributed by atoms with Gasteiger partial charge >= 0.3 is 0 Å². The van der Waals surface area contributed by atoms with Gasteiger partial charge in [0, 0.05) is 28.3 Å². The second-order valence-electron chi connectivity index (χ2n) is 7.71. The lowest BCUT2D eigenvalue weighted by atomic mass is 9.95. The molecule has 0 N–H and O–H groups in total. The normalized spacial score (nSPS) is 11.4. The van der Waals surface area contributed by atoms with Gasteiger partial charge in [0.2, 0.25) is 0 Å². The van der Waals surface area contributed by atoms with Crippen LogP contribution in [0.15, 0.2) is 79.0 Å². The lowest BCUT2D eigenvalue weighted by Crippen LogP contribution is -2.18. The first kappa shape index (κ1) is 18.0. The highest BCUT2D eigenvalue weighted by atomic mass is 15.0. The van der Waals surface area contributed by atoms with Gasteiger partial charge in [-0.3, -0.25) is 4.98 Å². The molecule has 2 aromatic heterocycles. The fourth-order valence-electron chi connectivity index (χ4n) is 2.88. The molecule has 4 rings (SSSR count). The molecule has 4 nitrogen and oxygen atoms in total. The van der Waals surface area contributed by atoms with Crippen LogP contribution < -0.4 is 0 Å². The Kier molecular flexibility index (Phi) is 4.70. The van der Waals surface area contributed by atoms with Crippen LogP contribution in [-0.2, 0) is 5.41 Å². The number of aromatic nitrogens is 4. The maximum Gasteiger partial charge on any atom is 0.163 e. The van der Waals surface area contributed by atoms with Crippen LogP contribution in [0.4, 0.5) is 0 Å². The fourth-order valence-corrected chi connectivity index (χ4v) is 2.88. The Labute approximate surface area is 165 Å². The Morgan fingerprint density at radius 3 is 1.71 bits per heavy atom. The lowest BCUT2D eigenvalue weighted by molar-refractivity contribution is 0.543. The van der Waals surface area contributed by atoms with Gasteiger partial charge in [0.15, 0.2) is 11.6 Å². The molecule has 4 heteroatoms. The molecule has 0 aliphatic rings. The molecule has 2 heterocycles. The van der Waals surface area contributed by atoms with E-state index in [2.05, 4.69) is 37.9 Å². The number of pyridine rings is 1. The molecule has 4 aromatic rings. The molecule has 0 saturated carbocycles. The van der Waals surface area contributed by atoms with Crippen LogP contribution in [0, 0.1) is 0 Å². The van der Waals surface area contributed by atoms with Crippen LogP contribution in [0.5, 0.6) is 0 Å². The highest BCUT2D eigenvalue weighted by Crippen LogP contribution is 2.27. The van der Waals surface area contributed by atoms with Crippen molar-refractivity contribution < 1.29 is 0 Å². The van der Waals surface area contributed by atoms with Gasteiger partial charge in [-0.05, 0) is 12.1 Å². The summed E-state index contributed by atoms with van der Waals surface area (Å²) in [7, 11) is 0. The van der Waals surface area contributed by atoms with Crippen LogP contribution >= 0.6 is 0 Å². The number of hydrogen-bond donors (Lipinski definition) is 0. The fraction of sp³-hybridized carbons (Fsp3) is 0.167. The van der Waals surface area contributed by atoms with E-state index in [1.807, 2.05) is 60.7 Å². The van der Waals surface area contributed by atoms with Gasteiger partial charge in [0.05, 0.1) is 5.69 Å². The van der Waals surface area contributed by atoms with E-state index in [-0.39, 0.29) is 5.41 Å². The van der Waals surface area contributed by atoms with Gasteiger partial charge in [-0.25, -0.2) is 15.0 Å². The van der Waals surface area contributed by atoms with E-state index < -0.39 is 0 Å². The summed E-state index contributed by atoms with van der Waals surface area (Å²) in [5.41, 5.74) is 3.80. The van der Waals surface area contributed by atoms with Gasteiger partial charge in [0.1, 0.15) is 5.82 Å². The molecular formula is C24H22N4. The maximum absolute atomic E-state index is 4.76. The number of hydrogen-bond acceptors (Lipinski definition) is 4. The topological polar surface area (TPSA) is 51.6 Å². The van der Waals surface area contributed by atoms with Gasteiger partial charge in [-0.15, -0.1) is 0 Å². The smallest absolute Gasteiger partial charge is 0.163 e. The maximum atomic E-state index is 4.76. The van der Waals surface area contributed by atoms with E-state index in [1.54, 1.807) is 6.20 Å². The van der Waals surface area contributed by atoms with Crippen molar-refractivity contribution in [1.29, 1.82) is 0 Å². The van der Waals surface area contributed by atoms with Crippen molar-refractivity contribution in [3.05, 3.63) is 84.8 Å². The minimum absolute atomic E-state index is 0.172. The van der Waals surface area contributed by atoms with Gasteiger partial charge < -0.3 is 0 Å². The van der Waals surface area contributed by atoms with E-state index in [4.69, 9.17) is 15.0 Å². The van der Waals surface area contributed by atoms with E-state index in [9.17, 15) is 0 Å². The first-order valence-electron chi connectivity index (χ1n) is 9.34. The summed E-state index contributed by atoms with van der Waals surface area (Å²) in [5, 5.41) is 0. The van der Waals surface area contributed by atoms with E-state index in [0.29, 0.717) is 11.6 Å². The Morgan fingerprint density at radius 2 is 1.14 bits per heavy atom. The van der Waals surface area contributed by atoms with Gasteiger partial charge in [-0.1, -0.05) is 81.4 Å². The summed E-state index contributed by atoms with van der Waals surface area (Å²) in [6.07, 6.45) is 1.80. The molecule has 0 fully saturated rings. The Hall–Kier alpha value is -3.40. The van der Waals surface area contributed by atoms with Crippen LogP contribution in [0.25, 0.3) is 34.0 Å². The average molecular weight is 366 g/mol. The highest BCUT2D eigenvalue weighted by molar-refractivity contribution is 5.66. The van der Waals surface area contributed by atoms with Crippen LogP contribution in [-0.4, -0.2) is 19.9 Å². The van der Waals surface area contributed by atoms with Crippen LogP contribution in [0.1, 0.15) is 26.6 Å². The zero-order valence-corrected chi connectivity index (χ0v) is 16.3. The summed E-state index contributed by atoms with van der Waals surface area (Å²) < 4.78 is 0. The third-order valence-corrected chi connectivity index (χ3v) is 4.44. The Balaban J connectivity index is 1.78. The SMILES string of the molecule is CC(C)(C)c1nc(-c2ccccc2)nc(-c2ccc(-c3ccccn3)cc2)n1. The van der Waals surface area contributed by atoms with Crippen molar-refractivity contribution in [3.8, 4) is 34.0 Å². The molecule has 0 bridgehead atoms. The van der Waals surface area contributed by atoms with Crippen molar-refractivity contribution in [2.24, 2.45) is 0 Å². The van der Waals surface area contributed by atoms with Gasteiger partial charge in [0.25, 0.3) is 0 Å². The van der Waals surface area contributed by atoms with Crippen molar-refractivity contribution in [2.45, 2.75) is 26.2 Å². The van der Waals surface area contributed by atoms with E-state index >= 15 is 0 Å². The summed E-state index contributed by atoms with van der Waals surface area (Å²) in [6.45, 7) is 6.35. The predicted octanol–water partition coefficient (Wildman–Crippen LogP) is 5.57. The Bertz CT molecular complexity index is 1070. The zero-order valence-electron chi connectivity index (χ0n) is 16.3. The standard InChI is InChI=1S/C24H22N4/c1-24(2,3)23-27-21(18-9-5-4-6-10-18)26-22(28-23)19-14-12-17(13-15-19)20-11-7-8-16-25-20/h4-16H,1-3H3. The monoisotopic (exact) mass is 366 g/mol. The van der Waals surface area contributed by atoms with Crippen molar-refractivity contribution in [2.75, 3.05) is 0 Å². The molecule has 0 aliphatic heterocycles. The van der Waals surface area contributed by atoms with Crippen molar-refractivity contribution in [3.63, 3.8) is 0 Å². The first-order valence-corrected chi connectivity index (χ1v) is 9.34. The van der Waals surface area contributed by atoms with Crippen LogP contribution in [0.2, 0.25) is 0 Å². The molecule has 2 aromatic carbocycles. The number of benzene rings is 2. The summed E-state index contributed by atoms with van der Waals surface area (Å²) in [5.74, 6) is 2.17. The number of nitrogens with zero attached hydrogens (tertiary/aromatic N) is 4. The third-order valence-electron chi connectivity index (χ3n) is 4.44. The summed E-state index contributed by atoms with van der Waals surface area (Å²) in [6, 6.07) is 24.1. The van der Waals surface area contributed by atoms with Gasteiger partial charge in [-0.2, -0.15) is 0 Å². The van der Waals surface area contributed by atoms with Crippen molar-refractivity contribution >= 4 is 0 Å². The average Bonchev–Trinajstić information content (AvgIpc) is 2.74. The lowest BCUT2D eigenvalue weighted by Gasteiger charge is -2.18. The quantitative estimate of drug-likeness (QED) is 0.476. The van der Waals surface area contributed by atoms with Crippen molar-refractivity contribution in [1.82, 2.24) is 19.9 Å². The second kappa shape index (κ2) is 7.31. The summed E-state index contributed by atoms with van der Waals surface area (Å²) in [4.78, 5) is 18.7. The predicted molar refractivity (Wildman–Crippen MR) is 113 cm³/mol. The molecule has 138 valence electrons. The minimum atomic E-state index is -0.172. The minimum Gasteiger partial charge on any atom is -0.256 e. The third kappa shape index (κ3) is 3.81. The molecule has 28 heavy (non-hydrogen) atoms. The first-order chi connectivity index (χ1) is 13.5. The number of rotatable bonds is 3. The molecule has 0 aliphatic carbocycles. The molecular weight excluding hydrogens is 344 g/mol. The molecule has 0 radical (unpaired) electrons. The molecule has 0 spiro atoms. The molecule has 0 saturated heterocycles. The Morgan fingerprint density at radius 1 is 0.571 bits per heavy atom. The molecule has 0 atom stereocenters. The molecule has 0 amide bonds. The van der Waals surface area contributed by atoms with E-state index in [1.165, 1.54) is 0 Å². The summed E-state index contributed by atoms with van der Waals surface area (Å²) >= 11 is 0. The van der Waals surface area contributed by atoms with E-state index in [0.717, 1.165) is 28.2 Å². The largest absolute Gasteiger partial charge is 0.256 e. The zero-order chi connectivity index (χ0) is 19.6. The second-order valence-corrected chi connectivity index (χ2v) is 7.71. The molecule has 0 unspecified atom stereocenters. The van der Waals surface area contributed by atoms with Crippen LogP contribution in [0.3, 0.4) is 0 Å². The highest BCUT2D eigenvalue weighted by Gasteiger charge is 2.21.